The van der Waals surface area contributed by atoms with E-state index in [2.05, 4.69) is 27.4 Å². The number of nitrogens with zero attached hydrogens (tertiary/aromatic N) is 3. The lowest BCUT2D eigenvalue weighted by Gasteiger charge is -2.26. The Kier molecular flexibility index (Phi) is 5.43. The zero-order valence-corrected chi connectivity index (χ0v) is 16.4. The van der Waals surface area contributed by atoms with Crippen molar-refractivity contribution in [1.82, 2.24) is 14.9 Å². The summed E-state index contributed by atoms with van der Waals surface area (Å²) in [5, 5.41) is 3.38. The van der Waals surface area contributed by atoms with Gasteiger partial charge in [-0.05, 0) is 56.4 Å². The molecule has 0 saturated carbocycles. The molecule has 148 valence electrons. The Morgan fingerprint density at radius 1 is 1.25 bits per heavy atom. The summed E-state index contributed by atoms with van der Waals surface area (Å²) in [5.41, 5.74) is 3.11. The van der Waals surface area contributed by atoms with Gasteiger partial charge in [0.05, 0.1) is 18.3 Å². The van der Waals surface area contributed by atoms with Gasteiger partial charge in [0.15, 0.2) is 0 Å². The van der Waals surface area contributed by atoms with Crippen molar-refractivity contribution in [2.45, 2.75) is 45.3 Å². The summed E-state index contributed by atoms with van der Waals surface area (Å²) in [6.45, 7) is 5.81. The Balaban J connectivity index is 1.36. The van der Waals surface area contributed by atoms with Crippen molar-refractivity contribution in [1.29, 1.82) is 0 Å². The molecule has 2 heterocycles. The third kappa shape index (κ3) is 4.25. The zero-order chi connectivity index (χ0) is 19.5. The summed E-state index contributed by atoms with van der Waals surface area (Å²) in [5.74, 6) is 1.37. The second kappa shape index (κ2) is 8.14. The maximum Gasteiger partial charge on any atom is 0.258 e. The predicted octanol–water partition coefficient (Wildman–Crippen LogP) is 2.66. The van der Waals surface area contributed by atoms with Gasteiger partial charge in [0.25, 0.3) is 5.91 Å². The number of aromatic nitrogens is 2. The molecule has 4 rings (SSSR count). The number of carbonyl (C=O) groups is 1. The van der Waals surface area contributed by atoms with Crippen LogP contribution in [0.4, 0.5) is 5.95 Å². The standard InChI is InChI=1S/C21H26N4O3/c1-14(2)28-19-5-4-15-8-18(9-16(15)10-19)24-21-22-11-17(12-23-21)20(26)25-6-3-7-27-13-25/h4-5,10-12,14,18H,3,6-9,13H2,1-2H3,(H,22,23,24). The summed E-state index contributed by atoms with van der Waals surface area (Å²) >= 11 is 0. The van der Waals surface area contributed by atoms with Gasteiger partial charge in [-0.15, -0.1) is 0 Å². The molecule has 7 nitrogen and oxygen atoms in total. The highest BCUT2D eigenvalue weighted by Gasteiger charge is 2.23. The van der Waals surface area contributed by atoms with Gasteiger partial charge in [-0.1, -0.05) is 6.07 Å². The van der Waals surface area contributed by atoms with Crippen LogP contribution in [0.3, 0.4) is 0 Å². The number of fused-ring (bicyclic) bond motifs is 1. The number of rotatable bonds is 5. The molecule has 1 aromatic carbocycles. The van der Waals surface area contributed by atoms with Crippen molar-refractivity contribution in [2.75, 3.05) is 25.2 Å². The molecule has 28 heavy (non-hydrogen) atoms. The molecule has 1 aromatic heterocycles. The van der Waals surface area contributed by atoms with Crippen LogP contribution in [0.25, 0.3) is 0 Å². The van der Waals surface area contributed by atoms with E-state index in [1.54, 1.807) is 17.3 Å². The Hall–Kier alpha value is -2.67. The molecule has 1 amide bonds. The van der Waals surface area contributed by atoms with E-state index in [1.807, 2.05) is 19.9 Å². The predicted molar refractivity (Wildman–Crippen MR) is 106 cm³/mol. The Morgan fingerprint density at radius 2 is 2.04 bits per heavy atom. The summed E-state index contributed by atoms with van der Waals surface area (Å²) in [6, 6.07) is 6.53. The second-order valence-electron chi connectivity index (χ2n) is 7.60. The normalized spacial score (nSPS) is 18.8. The quantitative estimate of drug-likeness (QED) is 0.857. The number of amides is 1. The molecule has 1 atom stereocenters. The molecule has 1 fully saturated rings. The Labute approximate surface area is 165 Å². The van der Waals surface area contributed by atoms with E-state index in [-0.39, 0.29) is 18.1 Å². The minimum Gasteiger partial charge on any atom is -0.491 e. The van der Waals surface area contributed by atoms with Crippen LogP contribution in [0.2, 0.25) is 0 Å². The molecule has 2 aliphatic rings. The molecule has 2 aromatic rings. The van der Waals surface area contributed by atoms with E-state index >= 15 is 0 Å². The van der Waals surface area contributed by atoms with Gasteiger partial charge in [0, 0.05) is 25.0 Å². The molecular formula is C21H26N4O3. The van der Waals surface area contributed by atoms with Crippen LogP contribution < -0.4 is 10.1 Å². The fourth-order valence-corrected chi connectivity index (χ4v) is 3.68. The molecule has 0 bridgehead atoms. The van der Waals surface area contributed by atoms with Gasteiger partial charge in [-0.25, -0.2) is 9.97 Å². The number of carbonyl (C=O) groups excluding carboxylic acids is 1. The highest BCUT2D eigenvalue weighted by atomic mass is 16.5. The van der Waals surface area contributed by atoms with Crippen molar-refractivity contribution in [3.05, 3.63) is 47.3 Å². The number of anilines is 1. The van der Waals surface area contributed by atoms with Crippen LogP contribution in [-0.4, -0.2) is 52.8 Å². The number of nitrogens with one attached hydrogen (secondary N) is 1. The van der Waals surface area contributed by atoms with E-state index in [0.29, 0.717) is 31.4 Å². The van der Waals surface area contributed by atoms with E-state index < -0.39 is 0 Å². The molecular weight excluding hydrogens is 356 g/mol. The van der Waals surface area contributed by atoms with Crippen molar-refractivity contribution < 1.29 is 14.3 Å². The SMILES string of the molecule is CC(C)Oc1ccc2c(c1)CC(Nc1ncc(C(=O)N3CCCOC3)cn1)C2. The lowest BCUT2D eigenvalue weighted by molar-refractivity contribution is -0.00575. The fraction of sp³-hybridized carbons (Fsp3) is 0.476. The lowest BCUT2D eigenvalue weighted by Crippen LogP contribution is -2.38. The van der Waals surface area contributed by atoms with E-state index in [9.17, 15) is 4.79 Å². The van der Waals surface area contributed by atoms with Crippen molar-refractivity contribution in [3.63, 3.8) is 0 Å². The zero-order valence-electron chi connectivity index (χ0n) is 16.4. The van der Waals surface area contributed by atoms with Crippen molar-refractivity contribution in [2.24, 2.45) is 0 Å². The first-order valence-corrected chi connectivity index (χ1v) is 9.82. The van der Waals surface area contributed by atoms with Gasteiger partial charge < -0.3 is 19.7 Å². The molecule has 0 radical (unpaired) electrons. The average molecular weight is 382 g/mol. The minimum atomic E-state index is -0.0859. The highest BCUT2D eigenvalue weighted by Crippen LogP contribution is 2.28. The Bertz CT molecular complexity index is 832. The topological polar surface area (TPSA) is 76.6 Å². The maximum atomic E-state index is 12.4. The molecule has 1 N–H and O–H groups in total. The van der Waals surface area contributed by atoms with Crippen molar-refractivity contribution >= 4 is 11.9 Å². The van der Waals surface area contributed by atoms with Gasteiger partial charge in [0.1, 0.15) is 12.5 Å². The summed E-state index contributed by atoms with van der Waals surface area (Å²) in [4.78, 5) is 22.8. The molecule has 7 heteroatoms. The maximum absolute atomic E-state index is 12.4. The number of hydrogen-bond acceptors (Lipinski definition) is 6. The van der Waals surface area contributed by atoms with Crippen LogP contribution in [0.15, 0.2) is 30.6 Å². The molecule has 1 saturated heterocycles. The summed E-state index contributed by atoms with van der Waals surface area (Å²) in [7, 11) is 0. The van der Waals surface area contributed by atoms with Crippen LogP contribution in [-0.2, 0) is 17.6 Å². The Morgan fingerprint density at radius 3 is 2.75 bits per heavy atom. The lowest BCUT2D eigenvalue weighted by atomic mass is 10.1. The third-order valence-electron chi connectivity index (χ3n) is 4.97. The fourth-order valence-electron chi connectivity index (χ4n) is 3.68. The van der Waals surface area contributed by atoms with E-state index in [4.69, 9.17) is 9.47 Å². The third-order valence-corrected chi connectivity index (χ3v) is 4.97. The highest BCUT2D eigenvalue weighted by molar-refractivity contribution is 5.93. The first-order valence-electron chi connectivity index (χ1n) is 9.82. The summed E-state index contributed by atoms with van der Waals surface area (Å²) < 4.78 is 11.1. The summed E-state index contributed by atoms with van der Waals surface area (Å²) in [6.07, 6.45) is 6.02. The van der Waals surface area contributed by atoms with Gasteiger partial charge in [-0.2, -0.15) is 0 Å². The van der Waals surface area contributed by atoms with Crippen LogP contribution in [0.5, 0.6) is 5.75 Å². The monoisotopic (exact) mass is 382 g/mol. The van der Waals surface area contributed by atoms with Gasteiger partial charge in [0.2, 0.25) is 5.95 Å². The van der Waals surface area contributed by atoms with Gasteiger partial charge >= 0.3 is 0 Å². The van der Waals surface area contributed by atoms with Gasteiger partial charge in [-0.3, -0.25) is 4.79 Å². The second-order valence-corrected chi connectivity index (χ2v) is 7.60. The average Bonchev–Trinajstić information content (AvgIpc) is 3.10. The largest absolute Gasteiger partial charge is 0.491 e. The molecule has 1 aliphatic heterocycles. The minimum absolute atomic E-state index is 0.0859. The number of ether oxygens (including phenoxy) is 2. The van der Waals surface area contributed by atoms with Crippen LogP contribution >= 0.6 is 0 Å². The van der Waals surface area contributed by atoms with E-state index in [1.165, 1.54) is 11.1 Å². The van der Waals surface area contributed by atoms with Crippen LogP contribution in [0, 0.1) is 0 Å². The van der Waals surface area contributed by atoms with Crippen molar-refractivity contribution in [3.8, 4) is 5.75 Å². The van der Waals surface area contributed by atoms with Crippen LogP contribution in [0.1, 0.15) is 41.8 Å². The molecule has 0 spiro atoms. The van der Waals surface area contributed by atoms with E-state index in [0.717, 1.165) is 25.0 Å². The number of hydrogen-bond donors (Lipinski definition) is 1. The molecule has 1 unspecified atom stereocenters. The smallest absolute Gasteiger partial charge is 0.258 e. The first kappa shape index (κ1) is 18.7. The first-order chi connectivity index (χ1) is 13.6. The molecule has 1 aliphatic carbocycles. The number of benzene rings is 1.